The van der Waals surface area contributed by atoms with Crippen LogP contribution in [0.25, 0.3) is 0 Å². The van der Waals surface area contributed by atoms with E-state index in [1.165, 1.54) is 19.2 Å². The lowest BCUT2D eigenvalue weighted by molar-refractivity contribution is -0.385. The molecule has 19 heavy (non-hydrogen) atoms. The second-order valence-electron chi connectivity index (χ2n) is 3.67. The molecule has 0 spiro atoms. The van der Waals surface area contributed by atoms with E-state index in [0.717, 1.165) is 0 Å². The Kier molecular flexibility index (Phi) is 5.57. The summed E-state index contributed by atoms with van der Waals surface area (Å²) in [5, 5.41) is 10.9. The van der Waals surface area contributed by atoms with Crippen molar-refractivity contribution >= 4 is 23.3 Å². The van der Waals surface area contributed by atoms with Crippen LogP contribution in [-0.2, 0) is 21.8 Å². The molecule has 0 aliphatic heterocycles. The summed E-state index contributed by atoms with van der Waals surface area (Å²) in [5.41, 5.74) is 0.730. The number of carbonyl (C=O) groups is 1. The quantitative estimate of drug-likeness (QED) is 0.347. The number of methoxy groups -OCH3 is 1. The molecule has 0 saturated carbocycles. The topological polar surface area (TPSA) is 78.7 Å². The highest BCUT2D eigenvalue weighted by atomic mass is 35.5. The molecule has 1 rings (SSSR count). The predicted molar refractivity (Wildman–Crippen MR) is 69.5 cm³/mol. The van der Waals surface area contributed by atoms with E-state index in [9.17, 15) is 14.9 Å². The number of nitrogens with zero attached hydrogens (tertiary/aromatic N) is 1. The van der Waals surface area contributed by atoms with Crippen molar-refractivity contribution in [2.75, 3.05) is 13.7 Å². The fourth-order valence-electron chi connectivity index (χ4n) is 1.64. The van der Waals surface area contributed by atoms with E-state index in [-0.39, 0.29) is 30.3 Å². The van der Waals surface area contributed by atoms with Crippen molar-refractivity contribution < 1.29 is 19.2 Å². The zero-order valence-corrected chi connectivity index (χ0v) is 11.4. The summed E-state index contributed by atoms with van der Waals surface area (Å²) in [7, 11) is 1.38. The fourth-order valence-corrected chi connectivity index (χ4v) is 1.85. The molecule has 0 aliphatic carbocycles. The van der Waals surface area contributed by atoms with E-state index in [1.54, 1.807) is 6.92 Å². The first kappa shape index (κ1) is 15.2. The number of nitro groups is 1. The molecule has 0 unspecified atom stereocenters. The molecule has 0 atom stereocenters. The average Bonchev–Trinajstić information content (AvgIpc) is 2.38. The molecule has 0 N–H and O–H groups in total. The highest BCUT2D eigenvalue weighted by Gasteiger charge is 2.19. The Morgan fingerprint density at radius 3 is 2.58 bits per heavy atom. The Morgan fingerprint density at radius 2 is 2.11 bits per heavy atom. The summed E-state index contributed by atoms with van der Waals surface area (Å²) in [6.07, 6.45) is -0.0150. The molecule has 7 heteroatoms. The normalized spacial score (nSPS) is 10.1. The standard InChI is InChI=1S/C12H14ClNO5/c1-3-19-12(15)5-8-4-9(7-13)10(14(16)17)6-11(8)18-2/h4,6H,3,5,7H2,1-2H3. The monoisotopic (exact) mass is 287 g/mol. The minimum Gasteiger partial charge on any atom is -0.496 e. The first-order valence-electron chi connectivity index (χ1n) is 5.59. The highest BCUT2D eigenvalue weighted by molar-refractivity contribution is 6.17. The van der Waals surface area contributed by atoms with Crippen LogP contribution in [0.4, 0.5) is 5.69 Å². The molecule has 104 valence electrons. The number of carbonyl (C=O) groups excluding carboxylic acids is 1. The number of alkyl halides is 1. The Labute approximate surface area is 115 Å². The van der Waals surface area contributed by atoms with Gasteiger partial charge in [0.25, 0.3) is 5.69 Å². The maximum Gasteiger partial charge on any atom is 0.310 e. The first-order valence-corrected chi connectivity index (χ1v) is 6.12. The number of hydrogen-bond acceptors (Lipinski definition) is 5. The van der Waals surface area contributed by atoms with E-state index in [0.29, 0.717) is 11.1 Å². The van der Waals surface area contributed by atoms with Crippen LogP contribution in [0.5, 0.6) is 5.75 Å². The van der Waals surface area contributed by atoms with Crippen molar-refractivity contribution in [3.05, 3.63) is 33.4 Å². The summed E-state index contributed by atoms with van der Waals surface area (Å²) in [6.45, 7) is 1.98. The lowest BCUT2D eigenvalue weighted by Gasteiger charge is -2.10. The number of ether oxygens (including phenoxy) is 2. The summed E-state index contributed by atoms with van der Waals surface area (Å²) in [4.78, 5) is 21.8. The second kappa shape index (κ2) is 6.94. The minimum absolute atomic E-state index is 0.0150. The SMILES string of the molecule is CCOC(=O)Cc1cc(CCl)c([N+](=O)[O-])cc1OC. The number of esters is 1. The van der Waals surface area contributed by atoms with Gasteiger partial charge in [-0.3, -0.25) is 14.9 Å². The molecule has 0 radical (unpaired) electrons. The third-order valence-electron chi connectivity index (χ3n) is 2.46. The Bertz CT molecular complexity index is 489. The van der Waals surface area contributed by atoms with Gasteiger partial charge >= 0.3 is 5.97 Å². The molecule has 0 aromatic heterocycles. The molecule has 0 aliphatic rings. The van der Waals surface area contributed by atoms with Crippen LogP contribution in [0.2, 0.25) is 0 Å². The minimum atomic E-state index is -0.533. The first-order chi connectivity index (χ1) is 9.03. The van der Waals surface area contributed by atoms with Crippen LogP contribution in [0.1, 0.15) is 18.1 Å². The Morgan fingerprint density at radius 1 is 1.42 bits per heavy atom. The second-order valence-corrected chi connectivity index (χ2v) is 3.93. The zero-order valence-electron chi connectivity index (χ0n) is 10.6. The van der Waals surface area contributed by atoms with Crippen molar-refractivity contribution in [2.24, 2.45) is 0 Å². The molecule has 0 amide bonds. The number of nitro benzene ring substituents is 1. The third kappa shape index (κ3) is 3.82. The van der Waals surface area contributed by atoms with Crippen molar-refractivity contribution in [1.29, 1.82) is 0 Å². The Balaban J connectivity index is 3.16. The Hall–Kier alpha value is -1.82. The lowest BCUT2D eigenvalue weighted by atomic mass is 10.1. The molecule has 0 saturated heterocycles. The van der Waals surface area contributed by atoms with Crippen LogP contribution >= 0.6 is 11.6 Å². The summed E-state index contributed by atoms with van der Waals surface area (Å²) in [5.74, 6) is -0.167. The van der Waals surface area contributed by atoms with Crippen LogP contribution in [-0.4, -0.2) is 24.6 Å². The van der Waals surface area contributed by atoms with Gasteiger partial charge in [-0.1, -0.05) is 0 Å². The van der Waals surface area contributed by atoms with Gasteiger partial charge in [0.1, 0.15) is 5.75 Å². The fraction of sp³-hybridized carbons (Fsp3) is 0.417. The smallest absolute Gasteiger partial charge is 0.310 e. The van der Waals surface area contributed by atoms with Gasteiger partial charge in [0.15, 0.2) is 0 Å². The van der Waals surface area contributed by atoms with Crippen LogP contribution in [0.3, 0.4) is 0 Å². The van der Waals surface area contributed by atoms with Gasteiger partial charge in [-0.05, 0) is 13.0 Å². The van der Waals surface area contributed by atoms with Gasteiger partial charge in [-0.15, -0.1) is 11.6 Å². The number of rotatable bonds is 6. The largest absolute Gasteiger partial charge is 0.496 e. The predicted octanol–water partition coefficient (Wildman–Crippen LogP) is 2.45. The van der Waals surface area contributed by atoms with E-state index >= 15 is 0 Å². The summed E-state index contributed by atoms with van der Waals surface area (Å²) in [6, 6.07) is 2.77. The third-order valence-corrected chi connectivity index (χ3v) is 2.75. The number of benzene rings is 1. The van der Waals surface area contributed by atoms with E-state index in [1.807, 2.05) is 0 Å². The molecular formula is C12H14ClNO5. The average molecular weight is 288 g/mol. The maximum absolute atomic E-state index is 11.5. The van der Waals surface area contributed by atoms with Crippen LogP contribution in [0.15, 0.2) is 12.1 Å². The highest BCUT2D eigenvalue weighted by Crippen LogP contribution is 2.30. The summed E-state index contributed by atoms with van der Waals surface area (Å²) >= 11 is 5.68. The van der Waals surface area contributed by atoms with Crippen molar-refractivity contribution in [3.8, 4) is 5.75 Å². The summed E-state index contributed by atoms with van der Waals surface area (Å²) < 4.78 is 9.89. The lowest BCUT2D eigenvalue weighted by Crippen LogP contribution is -2.09. The van der Waals surface area contributed by atoms with Crippen LogP contribution in [0, 0.1) is 10.1 Å². The molecule has 6 nitrogen and oxygen atoms in total. The van der Waals surface area contributed by atoms with Crippen molar-refractivity contribution in [2.45, 2.75) is 19.2 Å². The molecule has 0 fully saturated rings. The van der Waals surface area contributed by atoms with Crippen molar-refractivity contribution in [1.82, 2.24) is 0 Å². The zero-order chi connectivity index (χ0) is 14.4. The maximum atomic E-state index is 11.5. The van der Waals surface area contributed by atoms with Gasteiger partial charge in [0, 0.05) is 11.1 Å². The molecule has 0 heterocycles. The molecule has 1 aromatic carbocycles. The van der Waals surface area contributed by atoms with Crippen molar-refractivity contribution in [3.63, 3.8) is 0 Å². The van der Waals surface area contributed by atoms with E-state index < -0.39 is 10.9 Å². The molecule has 0 bridgehead atoms. The van der Waals surface area contributed by atoms with Gasteiger partial charge in [-0.2, -0.15) is 0 Å². The van der Waals surface area contributed by atoms with Gasteiger partial charge in [0.2, 0.25) is 0 Å². The van der Waals surface area contributed by atoms with Gasteiger partial charge < -0.3 is 9.47 Å². The van der Waals surface area contributed by atoms with Gasteiger partial charge in [-0.25, -0.2) is 0 Å². The number of hydrogen-bond donors (Lipinski definition) is 0. The van der Waals surface area contributed by atoms with Crippen LogP contribution < -0.4 is 4.74 Å². The molecular weight excluding hydrogens is 274 g/mol. The van der Waals surface area contributed by atoms with Gasteiger partial charge in [0.05, 0.1) is 37.0 Å². The van der Waals surface area contributed by atoms with E-state index in [4.69, 9.17) is 21.1 Å². The molecule has 1 aromatic rings. The van der Waals surface area contributed by atoms with E-state index in [2.05, 4.69) is 0 Å². The number of halogens is 1.